The summed E-state index contributed by atoms with van der Waals surface area (Å²) >= 11 is 12.7. The molecule has 4 aromatic carbocycles. The van der Waals surface area contributed by atoms with Crippen molar-refractivity contribution in [1.82, 2.24) is 38.7 Å². The largest absolute Gasteiger partial charge is 0.493 e. The first kappa shape index (κ1) is 36.2. The van der Waals surface area contributed by atoms with Gasteiger partial charge in [0, 0.05) is 48.8 Å². The Morgan fingerprint density at radius 2 is 1.38 bits per heavy atom. The molecule has 0 aliphatic carbocycles. The van der Waals surface area contributed by atoms with E-state index in [-0.39, 0.29) is 22.9 Å². The highest BCUT2D eigenvalue weighted by molar-refractivity contribution is 6.33. The standard InChI is InChI=1S/C40H33Cl2F3N8O2/c1-6-54-34-14-23(13-32-38(34)53(20-47-32)39-35(21(2)48-50(39)4)27-9-8-25(43)16-28(27)42)11-12-55-26-17-29(44)37(30(45)18-26)36-22(3)49-51(5)40(36)52-19-46-31-15-24(41)7-10-33(31)52/h7-10,13-20H,6,11-12H2,1-5H3. The smallest absolute Gasteiger partial charge is 0.145 e. The van der Waals surface area contributed by atoms with E-state index in [0.29, 0.717) is 80.0 Å². The Morgan fingerprint density at radius 1 is 0.709 bits per heavy atom. The monoisotopic (exact) mass is 784 g/mol. The molecule has 0 N–H and O–H groups in total. The van der Waals surface area contributed by atoms with Crippen LogP contribution in [0.5, 0.6) is 11.5 Å². The van der Waals surface area contributed by atoms with Gasteiger partial charge in [-0.2, -0.15) is 10.2 Å². The molecule has 0 unspecified atom stereocenters. The van der Waals surface area contributed by atoms with Crippen molar-refractivity contribution < 1.29 is 22.6 Å². The number of benzene rings is 4. The van der Waals surface area contributed by atoms with Crippen LogP contribution in [0.15, 0.2) is 73.3 Å². The first-order valence-corrected chi connectivity index (χ1v) is 18.1. The minimum absolute atomic E-state index is 0.0403. The van der Waals surface area contributed by atoms with E-state index in [2.05, 4.69) is 15.2 Å². The Bertz CT molecular complexity index is 2760. The topological polar surface area (TPSA) is 89.7 Å². The number of ether oxygens (including phenoxy) is 2. The van der Waals surface area contributed by atoms with Crippen LogP contribution in [0.1, 0.15) is 23.9 Å². The molecule has 280 valence electrons. The van der Waals surface area contributed by atoms with E-state index >= 15 is 8.78 Å². The van der Waals surface area contributed by atoms with E-state index in [4.69, 9.17) is 37.7 Å². The molecular formula is C40H33Cl2F3N8O2. The van der Waals surface area contributed by atoms with Gasteiger partial charge in [-0.05, 0) is 74.9 Å². The van der Waals surface area contributed by atoms with Crippen molar-refractivity contribution in [2.45, 2.75) is 27.2 Å². The molecular weight excluding hydrogens is 752 g/mol. The van der Waals surface area contributed by atoms with Gasteiger partial charge in [-0.3, -0.25) is 18.5 Å². The summed E-state index contributed by atoms with van der Waals surface area (Å²) in [5.74, 6) is -0.290. The Labute approximate surface area is 323 Å². The van der Waals surface area contributed by atoms with Gasteiger partial charge in [0.1, 0.15) is 58.8 Å². The second-order valence-electron chi connectivity index (χ2n) is 13.1. The summed E-state index contributed by atoms with van der Waals surface area (Å²) in [6.07, 6.45) is 3.64. The van der Waals surface area contributed by atoms with E-state index in [1.54, 1.807) is 64.8 Å². The lowest BCUT2D eigenvalue weighted by atomic mass is 10.0. The Kier molecular flexibility index (Phi) is 9.30. The van der Waals surface area contributed by atoms with Crippen molar-refractivity contribution in [3.05, 3.63) is 118 Å². The van der Waals surface area contributed by atoms with E-state index < -0.39 is 17.5 Å². The molecule has 55 heavy (non-hydrogen) atoms. The zero-order valence-corrected chi connectivity index (χ0v) is 31.8. The molecule has 10 nitrogen and oxygen atoms in total. The highest BCUT2D eigenvalue weighted by Crippen LogP contribution is 2.40. The maximum atomic E-state index is 15.9. The minimum atomic E-state index is -0.794. The molecule has 0 saturated carbocycles. The van der Waals surface area contributed by atoms with Crippen LogP contribution in [0, 0.1) is 31.3 Å². The Hall–Kier alpha value is -5.79. The number of nitrogens with zero attached hydrogens (tertiary/aromatic N) is 8. The summed E-state index contributed by atoms with van der Waals surface area (Å²) in [6.45, 7) is 5.95. The molecule has 15 heteroatoms. The van der Waals surface area contributed by atoms with Crippen molar-refractivity contribution >= 4 is 45.3 Å². The van der Waals surface area contributed by atoms with E-state index in [1.807, 2.05) is 37.6 Å². The molecule has 4 heterocycles. The van der Waals surface area contributed by atoms with Crippen LogP contribution < -0.4 is 9.47 Å². The highest BCUT2D eigenvalue weighted by atomic mass is 35.5. The molecule has 0 aliphatic heterocycles. The molecule has 4 aromatic heterocycles. The molecule has 0 fully saturated rings. The van der Waals surface area contributed by atoms with Crippen LogP contribution in [0.3, 0.4) is 0 Å². The van der Waals surface area contributed by atoms with Crippen LogP contribution >= 0.6 is 23.2 Å². The first-order valence-electron chi connectivity index (χ1n) is 17.3. The molecule has 0 atom stereocenters. The SMILES string of the molecule is CCOc1cc(CCOc2cc(F)c(-c3c(C)nn(C)c3-n3cnc4cc(Cl)ccc43)c(F)c2)cc2ncn(-c3c(-c4ccc(F)cc4Cl)c(C)nn3C)c12. The number of fused-ring (bicyclic) bond motifs is 2. The number of hydrogen-bond acceptors (Lipinski definition) is 6. The average molecular weight is 786 g/mol. The minimum Gasteiger partial charge on any atom is -0.493 e. The normalized spacial score (nSPS) is 11.7. The Balaban J connectivity index is 1.07. The van der Waals surface area contributed by atoms with Gasteiger partial charge in [0.15, 0.2) is 0 Å². The van der Waals surface area contributed by atoms with Crippen molar-refractivity contribution in [1.29, 1.82) is 0 Å². The van der Waals surface area contributed by atoms with E-state index in [9.17, 15) is 4.39 Å². The van der Waals surface area contributed by atoms with Crippen LogP contribution in [-0.2, 0) is 20.5 Å². The van der Waals surface area contributed by atoms with Crippen LogP contribution in [0.4, 0.5) is 13.2 Å². The number of imidazole rings is 2. The predicted molar refractivity (Wildman–Crippen MR) is 206 cm³/mol. The second-order valence-corrected chi connectivity index (χ2v) is 13.9. The van der Waals surface area contributed by atoms with Gasteiger partial charge in [0.2, 0.25) is 0 Å². The maximum absolute atomic E-state index is 15.9. The highest BCUT2D eigenvalue weighted by Gasteiger charge is 2.26. The van der Waals surface area contributed by atoms with Crippen molar-refractivity contribution in [2.75, 3.05) is 13.2 Å². The molecule has 0 aliphatic rings. The Morgan fingerprint density at radius 3 is 2.09 bits per heavy atom. The van der Waals surface area contributed by atoms with Gasteiger partial charge >= 0.3 is 0 Å². The summed E-state index contributed by atoms with van der Waals surface area (Å²) in [5.41, 5.74) is 6.10. The molecule has 8 aromatic rings. The van der Waals surface area contributed by atoms with Crippen molar-refractivity contribution in [2.24, 2.45) is 14.1 Å². The van der Waals surface area contributed by atoms with Gasteiger partial charge in [0.25, 0.3) is 0 Å². The van der Waals surface area contributed by atoms with Crippen LogP contribution in [0.2, 0.25) is 10.0 Å². The predicted octanol–water partition coefficient (Wildman–Crippen LogP) is 9.53. The van der Waals surface area contributed by atoms with Gasteiger partial charge < -0.3 is 9.47 Å². The summed E-state index contributed by atoms with van der Waals surface area (Å²) in [4.78, 5) is 9.12. The summed E-state index contributed by atoms with van der Waals surface area (Å²) in [5, 5.41) is 9.91. The third-order valence-electron chi connectivity index (χ3n) is 9.44. The van der Waals surface area contributed by atoms with Crippen LogP contribution in [-0.4, -0.2) is 51.9 Å². The van der Waals surface area contributed by atoms with Gasteiger partial charge in [-0.25, -0.2) is 23.1 Å². The molecule has 8 rings (SSSR count). The second kappa shape index (κ2) is 14.1. The lowest BCUT2D eigenvalue weighted by Crippen LogP contribution is -2.06. The van der Waals surface area contributed by atoms with E-state index in [1.165, 1.54) is 24.3 Å². The number of rotatable bonds is 10. The number of halogens is 5. The first-order chi connectivity index (χ1) is 26.4. The zero-order chi connectivity index (χ0) is 38.7. The quantitative estimate of drug-likeness (QED) is 0.137. The average Bonchev–Trinajstić information content (AvgIpc) is 3.87. The molecule has 0 spiro atoms. The zero-order valence-electron chi connectivity index (χ0n) is 30.3. The molecule has 0 radical (unpaired) electrons. The lowest BCUT2D eigenvalue weighted by Gasteiger charge is -2.14. The summed E-state index contributed by atoms with van der Waals surface area (Å²) < 4.78 is 64.7. The van der Waals surface area contributed by atoms with Gasteiger partial charge in [-0.15, -0.1) is 0 Å². The third kappa shape index (κ3) is 6.36. The van der Waals surface area contributed by atoms with Crippen molar-refractivity contribution in [3.63, 3.8) is 0 Å². The number of aryl methyl sites for hydroxylation is 4. The van der Waals surface area contributed by atoms with Crippen LogP contribution in [0.25, 0.3) is 56.0 Å². The fourth-order valence-electron chi connectivity index (χ4n) is 7.20. The summed E-state index contributed by atoms with van der Waals surface area (Å²) in [7, 11) is 3.52. The fraction of sp³-hybridized carbons (Fsp3) is 0.200. The van der Waals surface area contributed by atoms with Gasteiger partial charge in [-0.1, -0.05) is 23.2 Å². The lowest BCUT2D eigenvalue weighted by molar-refractivity contribution is 0.317. The maximum Gasteiger partial charge on any atom is 0.145 e. The molecule has 0 bridgehead atoms. The molecule has 0 amide bonds. The van der Waals surface area contributed by atoms with Crippen molar-refractivity contribution in [3.8, 4) is 45.4 Å². The number of aromatic nitrogens is 8. The van der Waals surface area contributed by atoms with Gasteiger partial charge in [0.05, 0.1) is 57.3 Å². The third-order valence-corrected chi connectivity index (χ3v) is 9.99. The van der Waals surface area contributed by atoms with E-state index in [0.717, 1.165) is 11.1 Å². The fourth-order valence-corrected chi connectivity index (χ4v) is 7.62. The number of hydrogen-bond donors (Lipinski definition) is 0. The summed E-state index contributed by atoms with van der Waals surface area (Å²) in [6, 6.07) is 15.7. The molecule has 0 saturated heterocycles.